The van der Waals surface area contributed by atoms with Gasteiger partial charge >= 0.3 is 5.97 Å². The molecule has 4 aromatic rings. The normalized spacial score (nSPS) is 11.5. The molecule has 154 valence electrons. The van der Waals surface area contributed by atoms with Gasteiger partial charge in [0.05, 0.1) is 7.11 Å². The predicted molar refractivity (Wildman–Crippen MR) is 131 cm³/mol. The van der Waals surface area contributed by atoms with Crippen molar-refractivity contribution in [1.82, 2.24) is 0 Å². The second-order valence-corrected chi connectivity index (χ2v) is 7.11. The summed E-state index contributed by atoms with van der Waals surface area (Å²) < 4.78 is 4.78. The minimum absolute atomic E-state index is 0.148. The number of benzene rings is 4. The molecule has 0 saturated carbocycles. The van der Waals surface area contributed by atoms with Gasteiger partial charge in [0, 0.05) is 6.42 Å². The van der Waals surface area contributed by atoms with Gasteiger partial charge in [-0.15, -0.1) is 0 Å². The predicted octanol–water partition coefficient (Wildman–Crippen LogP) is 6.83. The Kier molecular flexibility index (Phi) is 6.89. The summed E-state index contributed by atoms with van der Waals surface area (Å²) in [6.07, 6.45) is 6.24. The first-order chi connectivity index (χ1) is 14.7. The summed E-state index contributed by atoms with van der Waals surface area (Å²) in [5.74, 6) is -0.148. The lowest BCUT2D eigenvalue weighted by Crippen LogP contribution is -2.07. The van der Waals surface area contributed by atoms with Crippen molar-refractivity contribution in [3.05, 3.63) is 71.5 Å². The lowest BCUT2D eigenvalue weighted by Gasteiger charge is -2.15. The average molecular weight is 399 g/mol. The van der Waals surface area contributed by atoms with E-state index in [0.29, 0.717) is 6.42 Å². The molecule has 0 saturated heterocycles. The zero-order chi connectivity index (χ0) is 21.7. The van der Waals surface area contributed by atoms with Crippen molar-refractivity contribution in [2.45, 2.75) is 40.0 Å². The van der Waals surface area contributed by atoms with Crippen LogP contribution in [-0.2, 0) is 16.0 Å². The van der Waals surface area contributed by atoms with E-state index in [9.17, 15) is 4.79 Å². The fourth-order valence-electron chi connectivity index (χ4n) is 4.36. The zero-order valence-electron chi connectivity index (χ0n) is 18.4. The Balaban J connectivity index is 0.00000124. The lowest BCUT2D eigenvalue weighted by atomic mass is 9.88. The first kappa shape index (κ1) is 21.6. The SMILES string of the molecule is C=Cc1cccc2c1/c(=C\C)c1ccc(CCCC(=O)OC)c3cccc2c31.CC. The van der Waals surface area contributed by atoms with Gasteiger partial charge in [0.2, 0.25) is 0 Å². The van der Waals surface area contributed by atoms with E-state index in [1.165, 1.54) is 50.2 Å². The second kappa shape index (κ2) is 9.58. The molecular weight excluding hydrogens is 368 g/mol. The zero-order valence-corrected chi connectivity index (χ0v) is 18.4. The fourth-order valence-corrected chi connectivity index (χ4v) is 4.36. The number of carbonyl (C=O) groups excluding carboxylic acids is 1. The maximum atomic E-state index is 11.5. The monoisotopic (exact) mass is 398 g/mol. The Morgan fingerprint density at radius 1 is 0.933 bits per heavy atom. The summed E-state index contributed by atoms with van der Waals surface area (Å²) >= 11 is 0. The van der Waals surface area contributed by atoms with Crippen LogP contribution < -0.4 is 5.22 Å². The van der Waals surface area contributed by atoms with E-state index in [1.54, 1.807) is 0 Å². The molecule has 0 spiro atoms. The molecule has 4 aromatic carbocycles. The molecule has 0 amide bonds. The molecule has 30 heavy (non-hydrogen) atoms. The molecule has 0 aromatic heterocycles. The van der Waals surface area contributed by atoms with E-state index in [0.717, 1.165) is 18.4 Å². The molecule has 0 aliphatic heterocycles. The van der Waals surface area contributed by atoms with Gasteiger partial charge in [-0.25, -0.2) is 0 Å². The van der Waals surface area contributed by atoms with Crippen molar-refractivity contribution in [2.75, 3.05) is 7.11 Å². The van der Waals surface area contributed by atoms with E-state index in [-0.39, 0.29) is 5.97 Å². The minimum atomic E-state index is -0.148. The molecule has 4 rings (SSSR count). The highest BCUT2D eigenvalue weighted by molar-refractivity contribution is 6.23. The third-order valence-electron chi connectivity index (χ3n) is 5.64. The number of aryl methyl sites for hydroxylation is 1. The highest BCUT2D eigenvalue weighted by Crippen LogP contribution is 2.34. The molecule has 0 aliphatic rings. The fraction of sp³-hybridized carbons (Fsp3) is 0.250. The van der Waals surface area contributed by atoms with E-state index in [4.69, 9.17) is 4.74 Å². The largest absolute Gasteiger partial charge is 0.469 e. The Morgan fingerprint density at radius 2 is 1.60 bits per heavy atom. The van der Waals surface area contributed by atoms with Crippen LogP contribution in [0.2, 0.25) is 0 Å². The van der Waals surface area contributed by atoms with Gasteiger partial charge in [-0.1, -0.05) is 81.1 Å². The van der Waals surface area contributed by atoms with E-state index in [1.807, 2.05) is 19.9 Å². The van der Waals surface area contributed by atoms with E-state index < -0.39 is 0 Å². The molecule has 0 atom stereocenters. The third-order valence-corrected chi connectivity index (χ3v) is 5.64. The molecule has 2 nitrogen and oxygen atoms in total. The number of methoxy groups -OCH3 is 1. The maximum Gasteiger partial charge on any atom is 0.305 e. The Labute approximate surface area is 178 Å². The van der Waals surface area contributed by atoms with Gasteiger partial charge < -0.3 is 4.74 Å². The number of rotatable bonds is 5. The summed E-state index contributed by atoms with van der Waals surface area (Å²) in [6, 6.07) is 17.4. The minimum Gasteiger partial charge on any atom is -0.469 e. The van der Waals surface area contributed by atoms with Crippen LogP contribution in [0.4, 0.5) is 0 Å². The number of esters is 1. The highest BCUT2D eigenvalue weighted by atomic mass is 16.5. The van der Waals surface area contributed by atoms with Crippen LogP contribution in [0, 0.1) is 0 Å². The Bertz CT molecular complexity index is 1260. The van der Waals surface area contributed by atoms with Crippen LogP contribution in [0.1, 0.15) is 44.7 Å². The molecular formula is C28H30O2. The number of hydrogen-bond acceptors (Lipinski definition) is 2. The maximum absolute atomic E-state index is 11.5. The van der Waals surface area contributed by atoms with Gasteiger partial charge in [0.1, 0.15) is 0 Å². The van der Waals surface area contributed by atoms with Crippen LogP contribution in [0.3, 0.4) is 0 Å². The summed E-state index contributed by atoms with van der Waals surface area (Å²) in [5.41, 5.74) is 2.44. The summed E-state index contributed by atoms with van der Waals surface area (Å²) in [7, 11) is 1.44. The summed E-state index contributed by atoms with van der Waals surface area (Å²) in [6.45, 7) is 10.1. The number of carbonyl (C=O) groups is 1. The van der Waals surface area contributed by atoms with Gasteiger partial charge in [0.15, 0.2) is 0 Å². The molecule has 0 unspecified atom stereocenters. The number of hydrogen-bond donors (Lipinski definition) is 0. The molecule has 0 heterocycles. The topological polar surface area (TPSA) is 26.3 Å². The number of fused-ring (bicyclic) bond motifs is 2. The van der Waals surface area contributed by atoms with Crippen LogP contribution in [0.5, 0.6) is 0 Å². The van der Waals surface area contributed by atoms with Crippen molar-refractivity contribution >= 4 is 50.4 Å². The molecule has 0 aliphatic carbocycles. The van der Waals surface area contributed by atoms with Crippen molar-refractivity contribution in [3.63, 3.8) is 0 Å². The van der Waals surface area contributed by atoms with Gasteiger partial charge in [-0.05, 0) is 68.4 Å². The second-order valence-electron chi connectivity index (χ2n) is 7.11. The van der Waals surface area contributed by atoms with Crippen molar-refractivity contribution in [3.8, 4) is 0 Å². The highest BCUT2D eigenvalue weighted by Gasteiger charge is 2.13. The Hall–Kier alpha value is -3.13. The van der Waals surface area contributed by atoms with Gasteiger partial charge in [-0.3, -0.25) is 4.79 Å². The average Bonchev–Trinajstić information content (AvgIpc) is 2.81. The van der Waals surface area contributed by atoms with Crippen LogP contribution in [0.25, 0.3) is 44.5 Å². The van der Waals surface area contributed by atoms with Crippen molar-refractivity contribution < 1.29 is 9.53 Å². The molecule has 0 radical (unpaired) electrons. The van der Waals surface area contributed by atoms with E-state index >= 15 is 0 Å². The van der Waals surface area contributed by atoms with Crippen LogP contribution in [-0.4, -0.2) is 13.1 Å². The van der Waals surface area contributed by atoms with Crippen LogP contribution in [0.15, 0.2) is 55.1 Å². The molecule has 0 fully saturated rings. The summed E-state index contributed by atoms with van der Waals surface area (Å²) in [5, 5.41) is 8.90. The van der Waals surface area contributed by atoms with Gasteiger partial charge in [-0.2, -0.15) is 0 Å². The molecule has 2 heteroatoms. The lowest BCUT2D eigenvalue weighted by molar-refractivity contribution is -0.140. The molecule has 0 bridgehead atoms. The standard InChI is InChI=1S/C26H24O2.C2H6/c1-4-17-9-6-12-21-22-13-8-11-20-18(10-7-14-24(27)28-3)15-16-23(26(20)22)19(5-2)25(17)21;1-2/h4-6,8-9,11-13,15-16H,1,7,10,14H2,2-3H3;1-2H3/b19-5-;. The number of ether oxygens (including phenoxy) is 1. The van der Waals surface area contributed by atoms with Gasteiger partial charge in [0.25, 0.3) is 0 Å². The quantitative estimate of drug-likeness (QED) is 0.209. The van der Waals surface area contributed by atoms with Crippen LogP contribution >= 0.6 is 0 Å². The first-order valence-electron chi connectivity index (χ1n) is 10.7. The van der Waals surface area contributed by atoms with Crippen molar-refractivity contribution in [2.24, 2.45) is 0 Å². The first-order valence-corrected chi connectivity index (χ1v) is 10.7. The third kappa shape index (κ3) is 3.70. The van der Waals surface area contributed by atoms with E-state index in [2.05, 4.69) is 68.1 Å². The van der Waals surface area contributed by atoms with Crippen molar-refractivity contribution in [1.29, 1.82) is 0 Å². The smallest absolute Gasteiger partial charge is 0.305 e. The summed E-state index contributed by atoms with van der Waals surface area (Å²) in [4.78, 5) is 11.5. The molecule has 0 N–H and O–H groups in total. The Morgan fingerprint density at radius 3 is 2.27 bits per heavy atom.